The van der Waals surface area contributed by atoms with Crippen molar-refractivity contribution in [3.63, 3.8) is 0 Å². The molecule has 0 aliphatic heterocycles. The third-order valence-electron chi connectivity index (χ3n) is 4.16. The van der Waals surface area contributed by atoms with Crippen LogP contribution in [0.25, 0.3) is 12.2 Å². The van der Waals surface area contributed by atoms with Crippen LogP contribution in [0, 0.1) is 40.5 Å². The minimum Gasteiger partial charge on any atom is -0.497 e. The number of hydrogen-bond acceptors (Lipinski definition) is 10. The van der Waals surface area contributed by atoms with Crippen molar-refractivity contribution in [2.75, 3.05) is 5.73 Å². The molecule has 14 heteroatoms. The summed E-state index contributed by atoms with van der Waals surface area (Å²) in [5.74, 6) is -1.21. The van der Waals surface area contributed by atoms with Gasteiger partial charge in [-0.1, -0.05) is 36.4 Å². The Kier molecular flexibility index (Phi) is 7.87. The monoisotopic (exact) mass is 469 g/mol. The SMILES string of the molecule is Nc1ccc(C=Cc2ccccc2)c([N+](=O)[O-])c1.O=[N+]([O-])c1cc([N+](=O)[O-])c(O)c([N+](=O)[O-])c1. The maximum atomic E-state index is 10.9. The van der Waals surface area contributed by atoms with Gasteiger partial charge in [-0.25, -0.2) is 0 Å². The fourth-order valence-electron chi connectivity index (χ4n) is 2.58. The van der Waals surface area contributed by atoms with Gasteiger partial charge < -0.3 is 10.8 Å². The average molecular weight is 469 g/mol. The summed E-state index contributed by atoms with van der Waals surface area (Å²) in [4.78, 5) is 38.2. The van der Waals surface area contributed by atoms with Crippen LogP contribution in [0.15, 0.2) is 60.7 Å². The van der Waals surface area contributed by atoms with Crippen molar-refractivity contribution in [3.05, 3.63) is 112 Å². The van der Waals surface area contributed by atoms with Crippen LogP contribution in [0.2, 0.25) is 0 Å². The molecule has 0 saturated carbocycles. The van der Waals surface area contributed by atoms with Gasteiger partial charge in [0.2, 0.25) is 0 Å². The first kappa shape index (κ1) is 24.9. The minimum atomic E-state index is -1.21. The summed E-state index contributed by atoms with van der Waals surface area (Å²) in [6.45, 7) is 0. The lowest BCUT2D eigenvalue weighted by Gasteiger charge is -1.99. The molecular formula is C20H15N5O9. The first-order valence-electron chi connectivity index (χ1n) is 9.08. The van der Waals surface area contributed by atoms with Crippen molar-refractivity contribution in [3.8, 4) is 5.75 Å². The van der Waals surface area contributed by atoms with E-state index in [1.165, 1.54) is 6.07 Å². The van der Waals surface area contributed by atoms with E-state index in [0.29, 0.717) is 23.4 Å². The molecule has 3 rings (SSSR count). The van der Waals surface area contributed by atoms with Gasteiger partial charge in [0, 0.05) is 11.8 Å². The number of nitro benzene ring substituents is 4. The van der Waals surface area contributed by atoms with Gasteiger partial charge >= 0.3 is 11.4 Å². The first-order chi connectivity index (χ1) is 16.0. The van der Waals surface area contributed by atoms with Crippen molar-refractivity contribution >= 4 is 40.6 Å². The summed E-state index contributed by atoms with van der Waals surface area (Å²) in [6, 6.07) is 15.2. The van der Waals surface area contributed by atoms with Gasteiger partial charge in [0.25, 0.3) is 17.1 Å². The molecule has 0 unspecified atom stereocenters. The standard InChI is InChI=1S/C14H12N2O2.C6H3N3O7/c15-13-9-8-12(14(10-13)16(17)18)7-6-11-4-2-1-3-5-11;10-6-4(8(13)14)1-3(7(11)12)2-5(6)9(15)16/h1-10H,15H2;1-2,10H. The van der Waals surface area contributed by atoms with E-state index in [1.54, 1.807) is 18.2 Å². The maximum Gasteiger partial charge on any atom is 0.324 e. The number of nitrogens with two attached hydrogens (primary N) is 1. The number of nitrogens with zero attached hydrogens (tertiary/aromatic N) is 4. The Morgan fingerprint density at radius 1 is 0.676 bits per heavy atom. The lowest BCUT2D eigenvalue weighted by Crippen LogP contribution is -1.97. The van der Waals surface area contributed by atoms with Crippen LogP contribution in [-0.2, 0) is 0 Å². The molecule has 0 amide bonds. The Morgan fingerprint density at radius 3 is 1.68 bits per heavy atom. The van der Waals surface area contributed by atoms with Crippen molar-refractivity contribution in [2.45, 2.75) is 0 Å². The topological polar surface area (TPSA) is 219 Å². The zero-order chi connectivity index (χ0) is 25.4. The molecule has 0 heterocycles. The summed E-state index contributed by atoms with van der Waals surface area (Å²) in [5, 5.41) is 51.1. The smallest absolute Gasteiger partial charge is 0.324 e. The molecule has 0 aliphatic carbocycles. The van der Waals surface area contributed by atoms with E-state index >= 15 is 0 Å². The van der Waals surface area contributed by atoms with E-state index in [1.807, 2.05) is 36.4 Å². The molecule has 3 aromatic rings. The number of nitrogen functional groups attached to an aromatic ring is 1. The third-order valence-corrected chi connectivity index (χ3v) is 4.16. The Labute approximate surface area is 189 Å². The molecule has 0 saturated heterocycles. The molecule has 0 atom stereocenters. The predicted octanol–water partition coefficient (Wildman–Crippen LogP) is 4.46. The Morgan fingerprint density at radius 2 is 1.21 bits per heavy atom. The van der Waals surface area contributed by atoms with Crippen molar-refractivity contribution in [1.82, 2.24) is 0 Å². The minimum absolute atomic E-state index is 0.0159. The van der Waals surface area contributed by atoms with E-state index in [9.17, 15) is 40.5 Å². The number of benzene rings is 3. The molecule has 0 bridgehead atoms. The normalized spacial score (nSPS) is 10.2. The summed E-state index contributed by atoms with van der Waals surface area (Å²) >= 11 is 0. The molecule has 174 valence electrons. The van der Waals surface area contributed by atoms with Crippen LogP contribution in [0.1, 0.15) is 11.1 Å². The zero-order valence-corrected chi connectivity index (χ0v) is 17.0. The second kappa shape index (κ2) is 10.8. The second-order valence-corrected chi connectivity index (χ2v) is 6.42. The predicted molar refractivity (Wildman–Crippen MR) is 121 cm³/mol. The van der Waals surface area contributed by atoms with Crippen molar-refractivity contribution in [2.24, 2.45) is 0 Å². The molecule has 14 nitrogen and oxygen atoms in total. The van der Waals surface area contributed by atoms with Crippen LogP contribution in [0.5, 0.6) is 5.75 Å². The average Bonchev–Trinajstić information content (AvgIpc) is 2.78. The van der Waals surface area contributed by atoms with Gasteiger partial charge in [0.05, 0.1) is 37.4 Å². The van der Waals surface area contributed by atoms with Gasteiger partial charge in [-0.05, 0) is 23.8 Å². The number of hydrogen-bond donors (Lipinski definition) is 2. The number of aromatic hydroxyl groups is 1. The summed E-state index contributed by atoms with van der Waals surface area (Å²) in [7, 11) is 0. The number of rotatable bonds is 6. The van der Waals surface area contributed by atoms with Crippen molar-refractivity contribution < 1.29 is 24.8 Å². The quantitative estimate of drug-likeness (QED) is 0.223. The second-order valence-electron chi connectivity index (χ2n) is 6.42. The van der Waals surface area contributed by atoms with Crippen LogP contribution in [0.4, 0.5) is 28.4 Å². The molecule has 3 aromatic carbocycles. The van der Waals surface area contributed by atoms with E-state index in [2.05, 4.69) is 0 Å². The highest BCUT2D eigenvalue weighted by Gasteiger charge is 2.30. The van der Waals surface area contributed by atoms with Gasteiger partial charge in [0.15, 0.2) is 0 Å². The van der Waals surface area contributed by atoms with E-state index < -0.39 is 42.5 Å². The Hall–Kier alpha value is -5.40. The summed E-state index contributed by atoms with van der Waals surface area (Å²) < 4.78 is 0. The van der Waals surface area contributed by atoms with Crippen LogP contribution in [-0.4, -0.2) is 24.8 Å². The van der Waals surface area contributed by atoms with E-state index in [4.69, 9.17) is 10.8 Å². The Balaban J connectivity index is 0.000000242. The Bertz CT molecular complexity index is 1260. The first-order valence-corrected chi connectivity index (χ1v) is 9.08. The lowest BCUT2D eigenvalue weighted by atomic mass is 10.1. The van der Waals surface area contributed by atoms with Gasteiger partial charge in [-0.15, -0.1) is 0 Å². The van der Waals surface area contributed by atoms with Gasteiger partial charge in [-0.3, -0.25) is 40.5 Å². The van der Waals surface area contributed by atoms with E-state index in [0.717, 1.165) is 5.56 Å². The third kappa shape index (κ3) is 6.30. The van der Waals surface area contributed by atoms with Crippen molar-refractivity contribution in [1.29, 1.82) is 0 Å². The zero-order valence-electron chi connectivity index (χ0n) is 17.0. The molecule has 3 N–H and O–H groups in total. The van der Waals surface area contributed by atoms with Crippen LogP contribution < -0.4 is 5.73 Å². The maximum absolute atomic E-state index is 10.9. The van der Waals surface area contributed by atoms with Gasteiger partial charge in [-0.2, -0.15) is 0 Å². The van der Waals surface area contributed by atoms with Gasteiger partial charge in [0.1, 0.15) is 0 Å². The molecule has 0 radical (unpaired) electrons. The largest absolute Gasteiger partial charge is 0.497 e. The summed E-state index contributed by atoms with van der Waals surface area (Å²) in [6.07, 6.45) is 3.55. The fraction of sp³-hybridized carbons (Fsp3) is 0. The van der Waals surface area contributed by atoms with Crippen LogP contribution >= 0.6 is 0 Å². The molecule has 0 fully saturated rings. The fourth-order valence-corrected chi connectivity index (χ4v) is 2.58. The highest BCUT2D eigenvalue weighted by molar-refractivity contribution is 5.75. The molecular weight excluding hydrogens is 454 g/mol. The molecule has 0 aromatic heterocycles. The number of non-ortho nitro benzene ring substituents is 1. The summed E-state index contributed by atoms with van der Waals surface area (Å²) in [5.41, 5.74) is 4.47. The molecule has 34 heavy (non-hydrogen) atoms. The molecule has 0 aliphatic rings. The number of phenolic OH excluding ortho intramolecular Hbond substituents is 1. The number of phenols is 1. The van der Waals surface area contributed by atoms with E-state index in [-0.39, 0.29) is 5.69 Å². The molecule has 0 spiro atoms. The highest BCUT2D eigenvalue weighted by Crippen LogP contribution is 2.39. The lowest BCUT2D eigenvalue weighted by molar-refractivity contribution is -0.404. The van der Waals surface area contributed by atoms with Crippen LogP contribution in [0.3, 0.4) is 0 Å². The highest BCUT2D eigenvalue weighted by atomic mass is 16.6. The number of nitro groups is 4. The number of anilines is 1.